The molecule has 1 heterocycles. The fraction of sp³-hybridized carbons (Fsp3) is 0.312. The first-order chi connectivity index (χ1) is 11.7. The zero-order valence-corrected chi connectivity index (χ0v) is 13.8. The molecule has 0 radical (unpaired) electrons. The smallest absolute Gasteiger partial charge is 0.422 e. The fourth-order valence-electron chi connectivity index (χ4n) is 2.61. The molecule has 1 N–H and O–H groups in total. The van der Waals surface area contributed by atoms with Crippen molar-refractivity contribution in [1.82, 2.24) is 4.98 Å². The van der Waals surface area contributed by atoms with Gasteiger partial charge in [0.2, 0.25) is 5.88 Å². The molecule has 0 saturated heterocycles. The standard InChI is InChI=1S/C16H15F3N2O3S/c17-16(18,19)10-24-15-7-5-13(9-20-15)21-25(22,23)14-6-4-11-2-1-3-12(11)8-14/h4-9,21H,1-3,10H2. The highest BCUT2D eigenvalue weighted by Crippen LogP contribution is 2.26. The van der Waals surface area contributed by atoms with Gasteiger partial charge < -0.3 is 4.74 Å². The summed E-state index contributed by atoms with van der Waals surface area (Å²) in [4.78, 5) is 3.81. The van der Waals surface area contributed by atoms with Crippen molar-refractivity contribution in [3.05, 3.63) is 47.7 Å². The number of aryl methyl sites for hydroxylation is 2. The van der Waals surface area contributed by atoms with Crippen molar-refractivity contribution in [2.45, 2.75) is 30.3 Å². The third kappa shape index (κ3) is 4.41. The first kappa shape index (κ1) is 17.5. The summed E-state index contributed by atoms with van der Waals surface area (Å²) < 4.78 is 67.9. The zero-order valence-electron chi connectivity index (χ0n) is 13.0. The summed E-state index contributed by atoms with van der Waals surface area (Å²) in [5.41, 5.74) is 2.32. The van der Waals surface area contributed by atoms with Gasteiger partial charge in [0.15, 0.2) is 6.61 Å². The van der Waals surface area contributed by atoms with Crippen LogP contribution in [0.4, 0.5) is 18.9 Å². The van der Waals surface area contributed by atoms with Crippen LogP contribution in [0, 0.1) is 0 Å². The molecule has 1 aliphatic carbocycles. The van der Waals surface area contributed by atoms with Crippen molar-refractivity contribution in [2.24, 2.45) is 0 Å². The molecule has 0 fully saturated rings. The second-order valence-electron chi connectivity index (χ2n) is 5.68. The van der Waals surface area contributed by atoms with E-state index in [1.165, 1.54) is 12.1 Å². The van der Waals surface area contributed by atoms with Crippen LogP contribution in [0.1, 0.15) is 17.5 Å². The average molecular weight is 372 g/mol. The highest BCUT2D eigenvalue weighted by atomic mass is 32.2. The van der Waals surface area contributed by atoms with E-state index in [-0.39, 0.29) is 16.5 Å². The zero-order chi connectivity index (χ0) is 18.1. The Kier molecular flexibility index (Phi) is 4.59. The average Bonchev–Trinajstić information content (AvgIpc) is 3.01. The largest absolute Gasteiger partial charge is 0.468 e. The predicted molar refractivity (Wildman–Crippen MR) is 85.1 cm³/mol. The fourth-order valence-corrected chi connectivity index (χ4v) is 3.70. The highest BCUT2D eigenvalue weighted by Gasteiger charge is 2.28. The summed E-state index contributed by atoms with van der Waals surface area (Å²) in [5, 5.41) is 0. The predicted octanol–water partition coefficient (Wildman–Crippen LogP) is 3.31. The minimum absolute atomic E-state index is 0.139. The Hall–Kier alpha value is -2.29. The Labute approximate surface area is 142 Å². The summed E-state index contributed by atoms with van der Waals surface area (Å²) in [5.74, 6) is -0.238. The van der Waals surface area contributed by atoms with E-state index in [0.29, 0.717) is 0 Å². The molecular formula is C16H15F3N2O3S. The molecule has 0 amide bonds. The summed E-state index contributed by atoms with van der Waals surface area (Å²) in [6.45, 7) is -1.46. The lowest BCUT2D eigenvalue weighted by molar-refractivity contribution is -0.154. The summed E-state index contributed by atoms with van der Waals surface area (Å²) in [6.07, 6.45) is -0.542. The van der Waals surface area contributed by atoms with E-state index in [1.807, 2.05) is 6.07 Å². The Bertz CT molecular complexity index is 865. The van der Waals surface area contributed by atoms with Gasteiger partial charge in [-0.1, -0.05) is 6.07 Å². The number of benzene rings is 1. The molecule has 0 saturated carbocycles. The van der Waals surface area contributed by atoms with Crippen molar-refractivity contribution < 1.29 is 26.3 Å². The third-order valence-corrected chi connectivity index (χ3v) is 5.13. The van der Waals surface area contributed by atoms with Crippen LogP contribution in [0.5, 0.6) is 5.88 Å². The Morgan fingerprint density at radius 1 is 1.12 bits per heavy atom. The van der Waals surface area contributed by atoms with Crippen LogP contribution < -0.4 is 9.46 Å². The van der Waals surface area contributed by atoms with Crippen molar-refractivity contribution in [3.63, 3.8) is 0 Å². The molecule has 5 nitrogen and oxygen atoms in total. The lowest BCUT2D eigenvalue weighted by Crippen LogP contribution is -2.19. The lowest BCUT2D eigenvalue weighted by Gasteiger charge is -2.11. The van der Waals surface area contributed by atoms with Gasteiger partial charge in [-0.2, -0.15) is 13.2 Å². The topological polar surface area (TPSA) is 68.3 Å². The van der Waals surface area contributed by atoms with Gasteiger partial charge in [-0.3, -0.25) is 4.72 Å². The van der Waals surface area contributed by atoms with Gasteiger partial charge in [-0.05, 0) is 48.6 Å². The van der Waals surface area contributed by atoms with E-state index in [9.17, 15) is 21.6 Å². The highest BCUT2D eigenvalue weighted by molar-refractivity contribution is 7.92. The van der Waals surface area contributed by atoms with Gasteiger partial charge >= 0.3 is 6.18 Å². The van der Waals surface area contributed by atoms with E-state index >= 15 is 0 Å². The lowest BCUT2D eigenvalue weighted by atomic mass is 10.1. The monoisotopic (exact) mass is 372 g/mol. The molecule has 0 unspecified atom stereocenters. The van der Waals surface area contributed by atoms with E-state index in [2.05, 4.69) is 14.4 Å². The summed E-state index contributed by atoms with van der Waals surface area (Å²) in [7, 11) is -3.79. The maximum atomic E-state index is 12.4. The number of nitrogens with one attached hydrogen (secondary N) is 1. The second kappa shape index (κ2) is 6.55. The van der Waals surface area contributed by atoms with Gasteiger partial charge in [0.1, 0.15) is 0 Å². The molecule has 0 bridgehead atoms. The number of hydrogen-bond acceptors (Lipinski definition) is 4. The third-order valence-electron chi connectivity index (χ3n) is 3.75. The Morgan fingerprint density at radius 2 is 1.88 bits per heavy atom. The van der Waals surface area contributed by atoms with Crippen molar-refractivity contribution in [3.8, 4) is 5.88 Å². The molecule has 0 atom stereocenters. The summed E-state index contributed by atoms with van der Waals surface area (Å²) in [6, 6.07) is 7.47. The number of hydrogen-bond donors (Lipinski definition) is 1. The number of halogens is 3. The molecule has 25 heavy (non-hydrogen) atoms. The molecule has 9 heteroatoms. The maximum Gasteiger partial charge on any atom is 0.422 e. The van der Waals surface area contributed by atoms with Crippen LogP contribution in [0.15, 0.2) is 41.4 Å². The molecule has 3 rings (SSSR count). The number of aromatic nitrogens is 1. The van der Waals surface area contributed by atoms with Crippen molar-refractivity contribution in [1.29, 1.82) is 0 Å². The molecule has 1 aliphatic rings. The molecule has 2 aromatic rings. The van der Waals surface area contributed by atoms with Gasteiger partial charge in [0.05, 0.1) is 16.8 Å². The van der Waals surface area contributed by atoms with Gasteiger partial charge in [0, 0.05) is 6.07 Å². The number of alkyl halides is 3. The van der Waals surface area contributed by atoms with Gasteiger partial charge in [0.25, 0.3) is 10.0 Å². The number of sulfonamides is 1. The second-order valence-corrected chi connectivity index (χ2v) is 7.36. The quantitative estimate of drug-likeness (QED) is 0.874. The van der Waals surface area contributed by atoms with Crippen LogP contribution in [0.3, 0.4) is 0 Å². The van der Waals surface area contributed by atoms with Crippen LogP contribution in [-0.2, 0) is 22.9 Å². The first-order valence-electron chi connectivity index (χ1n) is 7.53. The van der Waals surface area contributed by atoms with Crippen LogP contribution in [0.25, 0.3) is 0 Å². The van der Waals surface area contributed by atoms with E-state index in [4.69, 9.17) is 0 Å². The molecule has 1 aromatic carbocycles. The van der Waals surface area contributed by atoms with Crippen LogP contribution in [-0.4, -0.2) is 26.2 Å². The molecule has 1 aromatic heterocycles. The molecule has 134 valence electrons. The first-order valence-corrected chi connectivity index (χ1v) is 9.01. The number of rotatable bonds is 5. The minimum Gasteiger partial charge on any atom is -0.468 e. The molecular weight excluding hydrogens is 357 g/mol. The number of nitrogens with zero attached hydrogens (tertiary/aromatic N) is 1. The SMILES string of the molecule is O=S(=O)(Nc1ccc(OCC(F)(F)F)nc1)c1ccc2c(c1)CCC2. The Balaban J connectivity index is 1.70. The van der Waals surface area contributed by atoms with Gasteiger partial charge in [-0.25, -0.2) is 13.4 Å². The normalized spacial score (nSPS) is 14.2. The van der Waals surface area contributed by atoms with Gasteiger partial charge in [-0.15, -0.1) is 0 Å². The van der Waals surface area contributed by atoms with E-state index in [0.717, 1.165) is 36.6 Å². The van der Waals surface area contributed by atoms with E-state index in [1.54, 1.807) is 12.1 Å². The minimum atomic E-state index is -4.46. The number of fused-ring (bicyclic) bond motifs is 1. The van der Waals surface area contributed by atoms with Crippen molar-refractivity contribution >= 4 is 15.7 Å². The van der Waals surface area contributed by atoms with E-state index < -0.39 is 22.8 Å². The maximum absolute atomic E-state index is 12.4. The molecule has 0 aliphatic heterocycles. The summed E-state index contributed by atoms with van der Waals surface area (Å²) >= 11 is 0. The van der Waals surface area contributed by atoms with Crippen molar-refractivity contribution in [2.75, 3.05) is 11.3 Å². The number of pyridine rings is 1. The Morgan fingerprint density at radius 3 is 2.56 bits per heavy atom. The number of anilines is 1. The van der Waals surface area contributed by atoms with Crippen LogP contribution >= 0.6 is 0 Å². The van der Waals surface area contributed by atoms with Crippen LogP contribution in [0.2, 0.25) is 0 Å². The molecule has 0 spiro atoms. The number of ether oxygens (including phenoxy) is 1.